The molecule has 112 valence electrons. The fourth-order valence-electron chi connectivity index (χ4n) is 1.96. The summed E-state index contributed by atoms with van der Waals surface area (Å²) in [5.74, 6) is 0.130. The maximum Gasteiger partial charge on any atom is 0.387 e. The molecule has 0 aliphatic heterocycles. The zero-order chi connectivity index (χ0) is 15.4. The molecule has 0 saturated heterocycles. The van der Waals surface area contributed by atoms with E-state index in [-0.39, 0.29) is 11.8 Å². The van der Waals surface area contributed by atoms with Crippen LogP contribution in [-0.4, -0.2) is 6.61 Å². The Kier molecular flexibility index (Phi) is 5.26. The van der Waals surface area contributed by atoms with Crippen molar-refractivity contribution in [3.8, 4) is 5.75 Å². The van der Waals surface area contributed by atoms with Crippen molar-refractivity contribution < 1.29 is 13.5 Å². The van der Waals surface area contributed by atoms with Crippen molar-refractivity contribution in [1.82, 2.24) is 0 Å². The predicted molar refractivity (Wildman–Crippen MR) is 81.6 cm³/mol. The summed E-state index contributed by atoms with van der Waals surface area (Å²) in [6.07, 6.45) is 0. The Labute approximate surface area is 131 Å². The van der Waals surface area contributed by atoms with Crippen LogP contribution >= 0.6 is 23.2 Å². The zero-order valence-electron chi connectivity index (χ0n) is 11.1. The topological polar surface area (TPSA) is 21.3 Å². The van der Waals surface area contributed by atoms with E-state index in [1.807, 2.05) is 6.92 Å². The first-order chi connectivity index (χ1) is 9.97. The lowest BCUT2D eigenvalue weighted by molar-refractivity contribution is -0.0505. The Bertz CT molecular complexity index is 622. The van der Waals surface area contributed by atoms with Crippen LogP contribution in [0.3, 0.4) is 0 Å². The second kappa shape index (κ2) is 6.96. The Morgan fingerprint density at radius 3 is 2.52 bits per heavy atom. The largest absolute Gasteiger partial charge is 0.434 e. The molecule has 0 aliphatic carbocycles. The van der Waals surface area contributed by atoms with Gasteiger partial charge in [0.15, 0.2) is 0 Å². The molecule has 0 saturated carbocycles. The highest BCUT2D eigenvalue weighted by Crippen LogP contribution is 2.32. The summed E-state index contributed by atoms with van der Waals surface area (Å²) < 4.78 is 29.4. The molecule has 0 fully saturated rings. The highest BCUT2D eigenvalue weighted by molar-refractivity contribution is 6.35. The number of nitrogens with one attached hydrogen (secondary N) is 1. The molecule has 0 bridgehead atoms. The normalized spacial score (nSPS) is 12.3. The van der Waals surface area contributed by atoms with Gasteiger partial charge in [-0.1, -0.05) is 41.4 Å². The molecule has 1 unspecified atom stereocenters. The number of hydrogen-bond donors (Lipinski definition) is 1. The van der Waals surface area contributed by atoms with Crippen molar-refractivity contribution in [2.45, 2.75) is 19.6 Å². The van der Waals surface area contributed by atoms with Crippen molar-refractivity contribution in [3.05, 3.63) is 58.1 Å². The Hall–Kier alpha value is -1.52. The van der Waals surface area contributed by atoms with Gasteiger partial charge in [-0.3, -0.25) is 0 Å². The molecular weight excluding hydrogens is 319 g/mol. The number of anilines is 1. The first-order valence-corrected chi connectivity index (χ1v) is 6.98. The van der Waals surface area contributed by atoms with Crippen LogP contribution < -0.4 is 10.1 Å². The van der Waals surface area contributed by atoms with E-state index in [1.54, 1.807) is 36.4 Å². The number of alkyl halides is 2. The lowest BCUT2D eigenvalue weighted by atomic mass is 10.1. The maximum atomic E-state index is 12.4. The SMILES string of the molecule is CC(Nc1cc(Cl)ccc1Cl)c1ccccc1OC(F)F. The Morgan fingerprint density at radius 1 is 1.10 bits per heavy atom. The number of para-hydroxylation sites is 1. The number of hydrogen-bond acceptors (Lipinski definition) is 2. The van der Waals surface area contributed by atoms with E-state index in [9.17, 15) is 8.78 Å². The van der Waals surface area contributed by atoms with Crippen molar-refractivity contribution in [2.75, 3.05) is 5.32 Å². The van der Waals surface area contributed by atoms with Gasteiger partial charge in [0.2, 0.25) is 0 Å². The standard InChI is InChI=1S/C15H13Cl2F2NO/c1-9(20-13-8-10(16)6-7-12(13)17)11-4-2-3-5-14(11)21-15(18)19/h2-9,15,20H,1H3. The minimum absolute atomic E-state index is 0.130. The second-order valence-electron chi connectivity index (χ2n) is 4.41. The average Bonchev–Trinajstić information content (AvgIpc) is 2.42. The van der Waals surface area contributed by atoms with Gasteiger partial charge in [0, 0.05) is 10.6 Å². The van der Waals surface area contributed by atoms with Gasteiger partial charge in [-0.05, 0) is 31.2 Å². The first kappa shape index (κ1) is 15.9. The summed E-state index contributed by atoms with van der Waals surface area (Å²) in [6, 6.07) is 11.3. The van der Waals surface area contributed by atoms with Crippen LogP contribution in [0.1, 0.15) is 18.5 Å². The van der Waals surface area contributed by atoms with Crippen LogP contribution in [0.4, 0.5) is 14.5 Å². The quantitative estimate of drug-likeness (QED) is 0.751. The van der Waals surface area contributed by atoms with Gasteiger partial charge >= 0.3 is 6.61 Å². The van der Waals surface area contributed by atoms with Crippen LogP contribution in [0.25, 0.3) is 0 Å². The second-order valence-corrected chi connectivity index (χ2v) is 5.25. The third kappa shape index (κ3) is 4.22. The predicted octanol–water partition coefficient (Wildman–Crippen LogP) is 5.77. The van der Waals surface area contributed by atoms with E-state index in [1.165, 1.54) is 6.07 Å². The average molecular weight is 332 g/mol. The number of ether oxygens (including phenoxy) is 1. The van der Waals surface area contributed by atoms with E-state index in [0.29, 0.717) is 21.3 Å². The Morgan fingerprint density at radius 2 is 1.81 bits per heavy atom. The van der Waals surface area contributed by atoms with Crippen LogP contribution in [-0.2, 0) is 0 Å². The molecule has 0 radical (unpaired) electrons. The van der Waals surface area contributed by atoms with Crippen LogP contribution in [0, 0.1) is 0 Å². The van der Waals surface area contributed by atoms with Gasteiger partial charge in [-0.15, -0.1) is 0 Å². The van der Waals surface area contributed by atoms with Gasteiger partial charge < -0.3 is 10.1 Å². The van der Waals surface area contributed by atoms with Gasteiger partial charge in [0.1, 0.15) is 5.75 Å². The van der Waals surface area contributed by atoms with Crippen molar-refractivity contribution >= 4 is 28.9 Å². The summed E-state index contributed by atoms with van der Waals surface area (Å²) in [6.45, 7) is -1.04. The highest BCUT2D eigenvalue weighted by atomic mass is 35.5. The van der Waals surface area contributed by atoms with Gasteiger partial charge in [-0.2, -0.15) is 8.78 Å². The summed E-state index contributed by atoms with van der Waals surface area (Å²) in [5.41, 5.74) is 1.23. The van der Waals surface area contributed by atoms with Gasteiger partial charge in [0.05, 0.1) is 16.8 Å². The molecule has 0 heterocycles. The van der Waals surface area contributed by atoms with Gasteiger partial charge in [0.25, 0.3) is 0 Å². The Balaban J connectivity index is 2.24. The fraction of sp³-hybridized carbons (Fsp3) is 0.200. The van der Waals surface area contributed by atoms with Crippen molar-refractivity contribution in [3.63, 3.8) is 0 Å². The molecule has 2 aromatic rings. The molecule has 0 spiro atoms. The summed E-state index contributed by atoms with van der Waals surface area (Å²) in [7, 11) is 0. The smallest absolute Gasteiger partial charge is 0.387 e. The summed E-state index contributed by atoms with van der Waals surface area (Å²) >= 11 is 12.0. The van der Waals surface area contributed by atoms with E-state index < -0.39 is 6.61 Å². The minimum Gasteiger partial charge on any atom is -0.434 e. The third-order valence-electron chi connectivity index (χ3n) is 2.90. The first-order valence-electron chi connectivity index (χ1n) is 6.22. The minimum atomic E-state index is -2.87. The molecule has 2 rings (SSSR count). The van der Waals surface area contributed by atoms with E-state index in [2.05, 4.69) is 10.1 Å². The number of rotatable bonds is 5. The third-order valence-corrected chi connectivity index (χ3v) is 3.47. The fourth-order valence-corrected chi connectivity index (χ4v) is 2.30. The zero-order valence-corrected chi connectivity index (χ0v) is 12.6. The summed E-state index contributed by atoms with van der Waals surface area (Å²) in [4.78, 5) is 0. The van der Waals surface area contributed by atoms with Crippen LogP contribution in [0.15, 0.2) is 42.5 Å². The number of benzene rings is 2. The van der Waals surface area contributed by atoms with E-state index >= 15 is 0 Å². The van der Waals surface area contributed by atoms with Crippen molar-refractivity contribution in [2.24, 2.45) is 0 Å². The monoisotopic (exact) mass is 331 g/mol. The molecule has 1 N–H and O–H groups in total. The lowest BCUT2D eigenvalue weighted by Gasteiger charge is -2.20. The van der Waals surface area contributed by atoms with Crippen molar-refractivity contribution in [1.29, 1.82) is 0 Å². The number of halogens is 4. The summed E-state index contributed by atoms with van der Waals surface area (Å²) in [5, 5.41) is 4.17. The molecule has 0 amide bonds. The molecule has 0 aliphatic rings. The molecule has 21 heavy (non-hydrogen) atoms. The molecule has 0 aromatic heterocycles. The molecule has 2 aromatic carbocycles. The van der Waals surface area contributed by atoms with E-state index in [4.69, 9.17) is 23.2 Å². The van der Waals surface area contributed by atoms with Gasteiger partial charge in [-0.25, -0.2) is 0 Å². The van der Waals surface area contributed by atoms with Crippen LogP contribution in [0.5, 0.6) is 5.75 Å². The van der Waals surface area contributed by atoms with E-state index in [0.717, 1.165) is 0 Å². The molecule has 2 nitrogen and oxygen atoms in total. The molecular formula is C15H13Cl2F2NO. The molecule has 1 atom stereocenters. The lowest BCUT2D eigenvalue weighted by Crippen LogP contribution is -2.11. The molecule has 6 heteroatoms. The van der Waals surface area contributed by atoms with Crippen LogP contribution in [0.2, 0.25) is 10.0 Å². The highest BCUT2D eigenvalue weighted by Gasteiger charge is 2.15. The maximum absolute atomic E-state index is 12.4.